The summed E-state index contributed by atoms with van der Waals surface area (Å²) in [5.74, 6) is -0.226. The molecule has 2 aromatic carbocycles. The SMILES string of the molecule is Cc1ccc2nc(-c3ccc(NC(=O)C4CCN(S(=O)(=O)C(C)C)CC4)cc3)sc2c1. The Labute approximate surface area is 187 Å². The third-order valence-electron chi connectivity index (χ3n) is 5.72. The summed E-state index contributed by atoms with van der Waals surface area (Å²) in [6, 6.07) is 14.0. The number of carbonyl (C=O) groups is 1. The van der Waals surface area contributed by atoms with Gasteiger partial charge in [0.15, 0.2) is 0 Å². The van der Waals surface area contributed by atoms with E-state index in [1.165, 1.54) is 14.6 Å². The second-order valence-corrected chi connectivity index (χ2v) is 11.8. The lowest BCUT2D eigenvalue weighted by atomic mass is 9.97. The Hall–Kier alpha value is -2.29. The summed E-state index contributed by atoms with van der Waals surface area (Å²) in [7, 11) is -3.25. The van der Waals surface area contributed by atoms with Crippen molar-refractivity contribution in [3.63, 3.8) is 0 Å². The molecule has 1 amide bonds. The summed E-state index contributed by atoms with van der Waals surface area (Å²) in [4.78, 5) is 17.4. The van der Waals surface area contributed by atoms with Crippen LogP contribution in [-0.2, 0) is 14.8 Å². The number of fused-ring (bicyclic) bond motifs is 1. The van der Waals surface area contributed by atoms with E-state index in [1.54, 1.807) is 25.2 Å². The number of carbonyl (C=O) groups excluding carboxylic acids is 1. The van der Waals surface area contributed by atoms with Crippen LogP contribution < -0.4 is 5.32 Å². The van der Waals surface area contributed by atoms with Crippen molar-refractivity contribution in [2.45, 2.75) is 38.9 Å². The van der Waals surface area contributed by atoms with Crippen molar-refractivity contribution in [3.8, 4) is 10.6 Å². The number of benzene rings is 2. The summed E-state index contributed by atoms with van der Waals surface area (Å²) in [5, 5.41) is 3.50. The van der Waals surface area contributed by atoms with Crippen LogP contribution in [0.3, 0.4) is 0 Å². The van der Waals surface area contributed by atoms with Gasteiger partial charge in [0.1, 0.15) is 5.01 Å². The first kappa shape index (κ1) is 21.9. The minimum Gasteiger partial charge on any atom is -0.326 e. The molecule has 1 aromatic heterocycles. The van der Waals surface area contributed by atoms with E-state index >= 15 is 0 Å². The van der Waals surface area contributed by atoms with E-state index in [0.717, 1.165) is 21.8 Å². The Morgan fingerprint density at radius 2 is 1.81 bits per heavy atom. The summed E-state index contributed by atoms with van der Waals surface area (Å²) < 4.78 is 27.3. The van der Waals surface area contributed by atoms with Crippen LogP contribution in [-0.4, -0.2) is 42.0 Å². The second kappa shape index (κ2) is 8.68. The molecule has 2 heterocycles. The first-order valence-electron chi connectivity index (χ1n) is 10.5. The van der Waals surface area contributed by atoms with E-state index in [-0.39, 0.29) is 11.8 Å². The van der Waals surface area contributed by atoms with E-state index < -0.39 is 15.3 Å². The molecule has 164 valence electrons. The van der Waals surface area contributed by atoms with Gasteiger partial charge in [-0.3, -0.25) is 4.79 Å². The number of sulfonamides is 1. The Morgan fingerprint density at radius 1 is 1.13 bits per heavy atom. The molecule has 0 spiro atoms. The van der Waals surface area contributed by atoms with Crippen LogP contribution in [0.1, 0.15) is 32.3 Å². The maximum Gasteiger partial charge on any atom is 0.227 e. The normalized spacial score (nSPS) is 16.1. The second-order valence-electron chi connectivity index (χ2n) is 8.32. The average molecular weight is 458 g/mol. The Balaban J connectivity index is 1.38. The molecule has 4 rings (SSSR count). The van der Waals surface area contributed by atoms with Gasteiger partial charge in [0.25, 0.3) is 0 Å². The molecule has 0 saturated carbocycles. The number of aryl methyl sites for hydroxylation is 1. The van der Waals surface area contributed by atoms with E-state index in [4.69, 9.17) is 4.98 Å². The third-order valence-corrected chi connectivity index (χ3v) is 9.07. The van der Waals surface area contributed by atoms with Crippen molar-refractivity contribution in [3.05, 3.63) is 48.0 Å². The number of aromatic nitrogens is 1. The van der Waals surface area contributed by atoms with Crippen molar-refractivity contribution in [1.82, 2.24) is 9.29 Å². The topological polar surface area (TPSA) is 79.4 Å². The molecule has 1 N–H and O–H groups in total. The van der Waals surface area contributed by atoms with E-state index in [2.05, 4.69) is 24.4 Å². The molecule has 1 aliphatic heterocycles. The number of hydrogen-bond donors (Lipinski definition) is 1. The van der Waals surface area contributed by atoms with E-state index in [9.17, 15) is 13.2 Å². The first-order chi connectivity index (χ1) is 14.7. The Kier molecular flexibility index (Phi) is 6.14. The number of hydrogen-bond acceptors (Lipinski definition) is 5. The monoisotopic (exact) mass is 457 g/mol. The van der Waals surface area contributed by atoms with Gasteiger partial charge in [-0.1, -0.05) is 6.07 Å². The lowest BCUT2D eigenvalue weighted by Crippen LogP contribution is -2.44. The van der Waals surface area contributed by atoms with Crippen molar-refractivity contribution in [1.29, 1.82) is 0 Å². The highest BCUT2D eigenvalue weighted by Gasteiger charge is 2.32. The standard InChI is InChI=1S/C23H27N3O3S2/c1-15(2)31(28,29)26-12-10-17(11-13-26)22(27)24-19-7-5-18(6-8-19)23-25-20-9-4-16(3)14-21(20)30-23/h4-9,14-15,17H,10-13H2,1-3H3,(H,24,27). The molecule has 0 radical (unpaired) electrons. The van der Waals surface area contributed by atoms with Crippen LogP contribution in [0.4, 0.5) is 5.69 Å². The first-order valence-corrected chi connectivity index (χ1v) is 12.8. The lowest BCUT2D eigenvalue weighted by molar-refractivity contribution is -0.120. The fraction of sp³-hybridized carbons (Fsp3) is 0.391. The molecule has 0 atom stereocenters. The number of thiazole rings is 1. The molecular weight excluding hydrogens is 430 g/mol. The molecule has 31 heavy (non-hydrogen) atoms. The van der Waals surface area contributed by atoms with E-state index in [1.807, 2.05) is 30.3 Å². The minimum atomic E-state index is -3.25. The molecule has 3 aromatic rings. The van der Waals surface area contributed by atoms with Crippen molar-refractivity contribution in [2.75, 3.05) is 18.4 Å². The summed E-state index contributed by atoms with van der Waals surface area (Å²) >= 11 is 1.66. The molecule has 0 aliphatic carbocycles. The summed E-state index contributed by atoms with van der Waals surface area (Å²) in [6.07, 6.45) is 1.09. The van der Waals surface area contributed by atoms with Gasteiger partial charge in [-0.05, 0) is 75.6 Å². The quantitative estimate of drug-likeness (QED) is 0.604. The maximum absolute atomic E-state index is 12.7. The highest BCUT2D eigenvalue weighted by atomic mass is 32.2. The van der Waals surface area contributed by atoms with Gasteiger partial charge >= 0.3 is 0 Å². The number of nitrogens with one attached hydrogen (secondary N) is 1. The predicted molar refractivity (Wildman–Crippen MR) is 127 cm³/mol. The van der Waals surface area contributed by atoms with Crippen LogP contribution in [0.15, 0.2) is 42.5 Å². The fourth-order valence-electron chi connectivity index (χ4n) is 3.77. The Morgan fingerprint density at radius 3 is 2.45 bits per heavy atom. The lowest BCUT2D eigenvalue weighted by Gasteiger charge is -2.31. The summed E-state index contributed by atoms with van der Waals surface area (Å²) in [5.41, 5.74) is 3.97. The van der Waals surface area contributed by atoms with Crippen LogP contribution >= 0.6 is 11.3 Å². The minimum absolute atomic E-state index is 0.0511. The van der Waals surface area contributed by atoms with Crippen molar-refractivity contribution < 1.29 is 13.2 Å². The molecule has 0 unspecified atom stereocenters. The van der Waals surface area contributed by atoms with Gasteiger partial charge in [-0.2, -0.15) is 0 Å². The predicted octanol–water partition coefficient (Wildman–Crippen LogP) is 4.66. The van der Waals surface area contributed by atoms with Crippen LogP contribution in [0, 0.1) is 12.8 Å². The van der Waals surface area contributed by atoms with Crippen molar-refractivity contribution in [2.24, 2.45) is 5.92 Å². The van der Waals surface area contributed by atoms with Gasteiger partial charge in [0, 0.05) is 30.3 Å². The van der Waals surface area contributed by atoms with Crippen LogP contribution in [0.5, 0.6) is 0 Å². The molecular formula is C23H27N3O3S2. The smallest absolute Gasteiger partial charge is 0.227 e. The number of anilines is 1. The molecule has 8 heteroatoms. The highest BCUT2D eigenvalue weighted by Crippen LogP contribution is 2.31. The number of rotatable bonds is 5. The average Bonchev–Trinajstić information content (AvgIpc) is 3.17. The molecule has 6 nitrogen and oxygen atoms in total. The number of nitrogens with zero attached hydrogens (tertiary/aromatic N) is 2. The number of piperidine rings is 1. The zero-order valence-corrected chi connectivity index (χ0v) is 19.6. The largest absolute Gasteiger partial charge is 0.326 e. The fourth-order valence-corrected chi connectivity index (χ4v) is 6.15. The maximum atomic E-state index is 12.7. The molecule has 1 fully saturated rings. The van der Waals surface area contributed by atoms with E-state index in [0.29, 0.717) is 25.9 Å². The zero-order valence-electron chi connectivity index (χ0n) is 18.0. The Bertz CT molecular complexity index is 1190. The zero-order chi connectivity index (χ0) is 22.2. The van der Waals surface area contributed by atoms with Gasteiger partial charge in [0.05, 0.1) is 15.5 Å². The van der Waals surface area contributed by atoms with Gasteiger partial charge < -0.3 is 5.32 Å². The van der Waals surface area contributed by atoms with Crippen LogP contribution in [0.2, 0.25) is 0 Å². The third kappa shape index (κ3) is 4.66. The molecule has 0 bridgehead atoms. The highest BCUT2D eigenvalue weighted by molar-refractivity contribution is 7.89. The van der Waals surface area contributed by atoms with Gasteiger partial charge in [-0.15, -0.1) is 11.3 Å². The molecule has 1 saturated heterocycles. The summed E-state index contributed by atoms with van der Waals surface area (Å²) in [6.45, 7) is 6.24. The van der Waals surface area contributed by atoms with Crippen molar-refractivity contribution >= 4 is 43.2 Å². The van der Waals surface area contributed by atoms with Gasteiger partial charge in [-0.25, -0.2) is 17.7 Å². The number of amides is 1. The van der Waals surface area contributed by atoms with Crippen LogP contribution in [0.25, 0.3) is 20.8 Å². The van der Waals surface area contributed by atoms with Gasteiger partial charge in [0.2, 0.25) is 15.9 Å². The molecule has 1 aliphatic rings.